The molecule has 0 saturated carbocycles. The molecule has 1 fully saturated rings. The third-order valence-electron chi connectivity index (χ3n) is 4.85. The standard InChI is InChI=1S/C21H22FN5O2.ClH/c22-16-3-7-19(8-4-16)29-18-5-1-15(2-6-18)13-24-21(28)20-14-27(26-25-20)17-9-11-23-12-10-17;/h1-8,14,17,23H,9-13H2,(H,24,28);1H. The third kappa shape index (κ3) is 5.55. The van der Waals surface area contributed by atoms with E-state index in [1.54, 1.807) is 35.1 Å². The van der Waals surface area contributed by atoms with E-state index in [1.807, 2.05) is 12.1 Å². The number of carbonyl (C=O) groups excluding carboxylic acids is 1. The van der Waals surface area contributed by atoms with Crippen molar-refractivity contribution >= 4 is 18.3 Å². The van der Waals surface area contributed by atoms with Crippen molar-refractivity contribution in [2.24, 2.45) is 0 Å². The zero-order chi connectivity index (χ0) is 20.1. The van der Waals surface area contributed by atoms with Crippen LogP contribution in [0.5, 0.6) is 11.5 Å². The number of piperidine rings is 1. The van der Waals surface area contributed by atoms with Crippen LogP contribution in [0.1, 0.15) is 34.9 Å². The highest BCUT2D eigenvalue weighted by atomic mass is 35.5. The summed E-state index contributed by atoms with van der Waals surface area (Å²) in [5, 5.41) is 14.3. The molecule has 2 heterocycles. The fraction of sp³-hybridized carbons (Fsp3) is 0.286. The van der Waals surface area contributed by atoms with Crippen molar-refractivity contribution in [1.82, 2.24) is 25.6 Å². The molecule has 9 heteroatoms. The Hall–Kier alpha value is -2.97. The monoisotopic (exact) mass is 431 g/mol. The van der Waals surface area contributed by atoms with E-state index < -0.39 is 0 Å². The largest absolute Gasteiger partial charge is 0.457 e. The molecule has 1 amide bonds. The van der Waals surface area contributed by atoms with Crippen molar-refractivity contribution in [2.75, 3.05) is 13.1 Å². The lowest BCUT2D eigenvalue weighted by Gasteiger charge is -2.22. The van der Waals surface area contributed by atoms with Gasteiger partial charge < -0.3 is 15.4 Å². The second-order valence-corrected chi connectivity index (χ2v) is 6.95. The predicted octanol–water partition coefficient (Wildman–Crippen LogP) is 3.49. The number of halogens is 2. The predicted molar refractivity (Wildman–Crippen MR) is 112 cm³/mol. The molecule has 0 unspecified atom stereocenters. The summed E-state index contributed by atoms with van der Waals surface area (Å²) in [4.78, 5) is 12.4. The SMILES string of the molecule is Cl.O=C(NCc1ccc(Oc2ccc(F)cc2)cc1)c1cn(C2CCNCC2)nn1. The van der Waals surface area contributed by atoms with Crippen molar-refractivity contribution in [3.8, 4) is 11.5 Å². The van der Waals surface area contributed by atoms with Gasteiger partial charge >= 0.3 is 0 Å². The Kier molecular flexibility index (Phi) is 7.37. The van der Waals surface area contributed by atoms with Crippen LogP contribution in [0.4, 0.5) is 4.39 Å². The van der Waals surface area contributed by atoms with Crippen LogP contribution in [0.3, 0.4) is 0 Å². The molecule has 1 aromatic heterocycles. The van der Waals surface area contributed by atoms with Crippen molar-refractivity contribution < 1.29 is 13.9 Å². The Bertz CT molecular complexity index is 956. The van der Waals surface area contributed by atoms with E-state index in [9.17, 15) is 9.18 Å². The number of amides is 1. The number of carbonyl (C=O) groups is 1. The molecule has 0 radical (unpaired) electrons. The summed E-state index contributed by atoms with van der Waals surface area (Å²) in [6.45, 7) is 2.27. The van der Waals surface area contributed by atoms with Gasteiger partial charge in [-0.2, -0.15) is 0 Å². The second-order valence-electron chi connectivity index (χ2n) is 6.95. The number of nitrogens with zero attached hydrogens (tertiary/aromatic N) is 3. The van der Waals surface area contributed by atoms with Gasteiger partial charge in [-0.3, -0.25) is 4.79 Å². The minimum absolute atomic E-state index is 0. The van der Waals surface area contributed by atoms with Crippen molar-refractivity contribution in [3.63, 3.8) is 0 Å². The van der Waals surface area contributed by atoms with Gasteiger partial charge in [0.1, 0.15) is 17.3 Å². The number of aromatic nitrogens is 3. The third-order valence-corrected chi connectivity index (χ3v) is 4.85. The van der Waals surface area contributed by atoms with Crippen LogP contribution >= 0.6 is 12.4 Å². The van der Waals surface area contributed by atoms with Crippen LogP contribution < -0.4 is 15.4 Å². The van der Waals surface area contributed by atoms with E-state index in [0.29, 0.717) is 29.8 Å². The quantitative estimate of drug-likeness (QED) is 0.624. The first kappa shape index (κ1) is 21.7. The first-order chi connectivity index (χ1) is 14.2. The fourth-order valence-corrected chi connectivity index (χ4v) is 3.22. The Balaban J connectivity index is 0.00000256. The molecule has 2 N–H and O–H groups in total. The topological polar surface area (TPSA) is 81.1 Å². The molecular weight excluding hydrogens is 409 g/mol. The molecule has 0 bridgehead atoms. The minimum Gasteiger partial charge on any atom is -0.457 e. The Morgan fingerprint density at radius 2 is 1.73 bits per heavy atom. The van der Waals surface area contributed by atoms with E-state index in [-0.39, 0.29) is 24.1 Å². The molecule has 1 aliphatic heterocycles. The molecule has 158 valence electrons. The molecule has 30 heavy (non-hydrogen) atoms. The molecule has 2 aromatic carbocycles. The zero-order valence-electron chi connectivity index (χ0n) is 16.3. The first-order valence-electron chi connectivity index (χ1n) is 9.60. The molecule has 1 aliphatic rings. The number of nitrogens with one attached hydrogen (secondary N) is 2. The highest BCUT2D eigenvalue weighted by molar-refractivity contribution is 5.91. The summed E-state index contributed by atoms with van der Waals surface area (Å²) in [7, 11) is 0. The maximum Gasteiger partial charge on any atom is 0.273 e. The summed E-state index contributed by atoms with van der Waals surface area (Å²) in [5.74, 6) is 0.636. The van der Waals surface area contributed by atoms with Gasteiger partial charge in [-0.25, -0.2) is 9.07 Å². The van der Waals surface area contributed by atoms with Crippen LogP contribution in [0.25, 0.3) is 0 Å². The van der Waals surface area contributed by atoms with Crippen molar-refractivity contribution in [1.29, 1.82) is 0 Å². The van der Waals surface area contributed by atoms with Gasteiger partial charge in [0.15, 0.2) is 5.69 Å². The van der Waals surface area contributed by atoms with Gasteiger partial charge in [0, 0.05) is 6.54 Å². The number of hydrogen-bond donors (Lipinski definition) is 2. The summed E-state index contributed by atoms with van der Waals surface area (Å²) in [6.07, 6.45) is 3.68. The second kappa shape index (κ2) is 10.2. The first-order valence-corrected chi connectivity index (χ1v) is 9.60. The molecule has 7 nitrogen and oxygen atoms in total. The average Bonchev–Trinajstić information content (AvgIpc) is 3.26. The maximum atomic E-state index is 12.9. The number of hydrogen-bond acceptors (Lipinski definition) is 5. The molecule has 4 rings (SSSR count). The molecular formula is C21H23ClFN5O2. The smallest absolute Gasteiger partial charge is 0.273 e. The van der Waals surface area contributed by atoms with Gasteiger partial charge in [-0.05, 0) is 67.9 Å². The lowest BCUT2D eigenvalue weighted by Crippen LogP contribution is -2.29. The summed E-state index contributed by atoms with van der Waals surface area (Å²) in [6, 6.07) is 13.5. The van der Waals surface area contributed by atoms with Gasteiger partial charge in [0.2, 0.25) is 0 Å². The normalized spacial score (nSPS) is 14.0. The molecule has 1 saturated heterocycles. The van der Waals surface area contributed by atoms with Crippen molar-refractivity contribution in [3.05, 3.63) is 71.8 Å². The lowest BCUT2D eigenvalue weighted by molar-refractivity contribution is 0.0946. The van der Waals surface area contributed by atoms with Crippen LogP contribution in [-0.4, -0.2) is 34.0 Å². The van der Waals surface area contributed by atoms with Crippen LogP contribution in [0.2, 0.25) is 0 Å². The van der Waals surface area contributed by atoms with Crippen LogP contribution in [0, 0.1) is 5.82 Å². The molecule has 0 atom stereocenters. The van der Waals surface area contributed by atoms with Crippen molar-refractivity contribution in [2.45, 2.75) is 25.4 Å². The Morgan fingerprint density at radius 3 is 2.40 bits per heavy atom. The van der Waals surface area contributed by atoms with Gasteiger partial charge in [-0.1, -0.05) is 17.3 Å². The highest BCUT2D eigenvalue weighted by Crippen LogP contribution is 2.22. The van der Waals surface area contributed by atoms with Gasteiger partial charge in [-0.15, -0.1) is 17.5 Å². The van der Waals surface area contributed by atoms with E-state index in [4.69, 9.17) is 4.74 Å². The summed E-state index contributed by atoms with van der Waals surface area (Å²) >= 11 is 0. The van der Waals surface area contributed by atoms with E-state index in [1.165, 1.54) is 12.1 Å². The van der Waals surface area contributed by atoms with Crippen LogP contribution in [0.15, 0.2) is 54.7 Å². The van der Waals surface area contributed by atoms with Gasteiger partial charge in [0.05, 0.1) is 12.2 Å². The number of ether oxygens (including phenoxy) is 1. The summed E-state index contributed by atoms with van der Waals surface area (Å²) in [5.41, 5.74) is 1.25. The lowest BCUT2D eigenvalue weighted by atomic mass is 10.1. The van der Waals surface area contributed by atoms with Crippen LogP contribution in [-0.2, 0) is 6.54 Å². The van der Waals surface area contributed by atoms with E-state index in [0.717, 1.165) is 31.5 Å². The minimum atomic E-state index is -0.306. The maximum absolute atomic E-state index is 12.9. The molecule has 3 aromatic rings. The Labute approximate surface area is 180 Å². The fourth-order valence-electron chi connectivity index (χ4n) is 3.22. The van der Waals surface area contributed by atoms with Gasteiger partial charge in [0.25, 0.3) is 5.91 Å². The number of rotatable bonds is 6. The Morgan fingerprint density at radius 1 is 1.10 bits per heavy atom. The number of benzene rings is 2. The summed E-state index contributed by atoms with van der Waals surface area (Å²) < 4.78 is 20.4. The van der Waals surface area contributed by atoms with E-state index >= 15 is 0 Å². The highest BCUT2D eigenvalue weighted by Gasteiger charge is 2.18. The molecule has 0 spiro atoms. The van der Waals surface area contributed by atoms with E-state index in [2.05, 4.69) is 20.9 Å². The zero-order valence-corrected chi connectivity index (χ0v) is 17.1. The average molecular weight is 432 g/mol. The molecule has 0 aliphatic carbocycles.